The zero-order chi connectivity index (χ0) is 13.9. The van der Waals surface area contributed by atoms with Gasteiger partial charge in [0.1, 0.15) is 0 Å². The minimum atomic E-state index is -0.0982. The van der Waals surface area contributed by atoms with Gasteiger partial charge in [0.05, 0.1) is 22.4 Å². The lowest BCUT2D eigenvalue weighted by molar-refractivity contribution is 0.103. The van der Waals surface area contributed by atoms with Crippen LogP contribution in [-0.2, 0) is 6.54 Å². The van der Waals surface area contributed by atoms with Crippen LogP contribution in [0.1, 0.15) is 46.4 Å². The molecule has 1 atom stereocenters. The molecule has 2 N–H and O–H groups in total. The second kappa shape index (κ2) is 6.17. The third kappa shape index (κ3) is 2.78. The van der Waals surface area contributed by atoms with Crippen LogP contribution in [0, 0.1) is 0 Å². The van der Waals surface area contributed by atoms with Crippen molar-refractivity contribution in [1.82, 2.24) is 14.7 Å². The maximum Gasteiger partial charge on any atom is 0.0712 e. The molecule has 0 amide bonds. The second-order valence-electron chi connectivity index (χ2n) is 5.00. The first-order valence-corrected chi connectivity index (χ1v) is 7.41. The van der Waals surface area contributed by atoms with Gasteiger partial charge in [0.25, 0.3) is 0 Å². The molecule has 104 valence electrons. The Kier molecular flexibility index (Phi) is 5.37. The molecule has 0 aliphatic rings. The number of nitrogens with two attached hydrogens (primary N) is 1. The van der Waals surface area contributed by atoms with Crippen molar-refractivity contribution >= 4 is 15.9 Å². The molecule has 0 saturated carbocycles. The number of hydrogen-bond acceptors (Lipinski definition) is 3. The van der Waals surface area contributed by atoms with Gasteiger partial charge >= 0.3 is 0 Å². The molecule has 18 heavy (non-hydrogen) atoms. The van der Waals surface area contributed by atoms with E-state index in [1.54, 1.807) is 0 Å². The number of likely N-dealkylation sites (N-methyl/N-ethyl adjacent to an activating group) is 1. The topological polar surface area (TPSA) is 47.1 Å². The van der Waals surface area contributed by atoms with Crippen molar-refractivity contribution in [3.8, 4) is 0 Å². The van der Waals surface area contributed by atoms with Crippen LogP contribution in [0.15, 0.2) is 10.7 Å². The molecule has 0 saturated heterocycles. The Labute approximate surface area is 119 Å². The van der Waals surface area contributed by atoms with E-state index < -0.39 is 0 Å². The van der Waals surface area contributed by atoms with Crippen LogP contribution in [0.2, 0.25) is 0 Å². The van der Waals surface area contributed by atoms with E-state index in [9.17, 15) is 0 Å². The van der Waals surface area contributed by atoms with Gasteiger partial charge in [-0.3, -0.25) is 9.58 Å². The van der Waals surface area contributed by atoms with Crippen molar-refractivity contribution in [3.05, 3.63) is 16.4 Å². The predicted octanol–water partition coefficient (Wildman–Crippen LogP) is 2.79. The Morgan fingerprint density at radius 1 is 1.39 bits per heavy atom. The average Bonchev–Trinajstić information content (AvgIpc) is 2.70. The Bertz CT molecular complexity index is 382. The fourth-order valence-corrected chi connectivity index (χ4v) is 3.05. The molecule has 4 nitrogen and oxygen atoms in total. The predicted molar refractivity (Wildman–Crippen MR) is 79.5 cm³/mol. The highest BCUT2D eigenvalue weighted by Gasteiger charge is 2.35. The van der Waals surface area contributed by atoms with Crippen LogP contribution < -0.4 is 5.73 Å². The zero-order valence-corrected chi connectivity index (χ0v) is 13.7. The molecule has 1 unspecified atom stereocenters. The van der Waals surface area contributed by atoms with E-state index in [-0.39, 0.29) is 11.6 Å². The molecular weight excluding hydrogens is 292 g/mol. The smallest absolute Gasteiger partial charge is 0.0712 e. The summed E-state index contributed by atoms with van der Waals surface area (Å²) in [7, 11) is 0. The van der Waals surface area contributed by atoms with E-state index in [4.69, 9.17) is 5.73 Å². The van der Waals surface area contributed by atoms with Gasteiger partial charge in [-0.2, -0.15) is 5.10 Å². The van der Waals surface area contributed by atoms with Crippen molar-refractivity contribution in [2.24, 2.45) is 5.73 Å². The van der Waals surface area contributed by atoms with Gasteiger partial charge in [-0.05, 0) is 49.8 Å². The van der Waals surface area contributed by atoms with Crippen molar-refractivity contribution in [2.45, 2.75) is 52.7 Å². The van der Waals surface area contributed by atoms with Crippen molar-refractivity contribution in [3.63, 3.8) is 0 Å². The lowest BCUT2D eigenvalue weighted by Crippen LogP contribution is -2.51. The van der Waals surface area contributed by atoms with E-state index in [1.807, 2.05) is 10.9 Å². The van der Waals surface area contributed by atoms with Gasteiger partial charge in [0, 0.05) is 12.1 Å². The van der Waals surface area contributed by atoms with E-state index >= 15 is 0 Å². The number of halogens is 1. The van der Waals surface area contributed by atoms with Crippen LogP contribution in [0.3, 0.4) is 0 Å². The summed E-state index contributed by atoms with van der Waals surface area (Å²) in [5.41, 5.74) is 7.49. The maximum absolute atomic E-state index is 6.51. The monoisotopic (exact) mass is 316 g/mol. The Morgan fingerprint density at radius 2 is 1.94 bits per heavy atom. The molecule has 0 radical (unpaired) electrons. The lowest BCUT2D eigenvalue weighted by atomic mass is 9.90. The number of rotatable bonds is 6. The van der Waals surface area contributed by atoms with Crippen LogP contribution in [-0.4, -0.2) is 33.3 Å². The maximum atomic E-state index is 6.51. The zero-order valence-electron chi connectivity index (χ0n) is 12.1. The minimum Gasteiger partial charge on any atom is -0.321 e. The second-order valence-corrected chi connectivity index (χ2v) is 5.85. The summed E-state index contributed by atoms with van der Waals surface area (Å²) >= 11 is 3.56. The van der Waals surface area contributed by atoms with Crippen LogP contribution in [0.5, 0.6) is 0 Å². The SMILES string of the molecule is CCN(CC)C(C)(C)C(N)c1c(Br)cnn1CC. The third-order valence-electron chi connectivity index (χ3n) is 3.77. The minimum absolute atomic E-state index is 0.0748. The molecule has 0 aromatic carbocycles. The molecule has 0 spiro atoms. The highest BCUT2D eigenvalue weighted by atomic mass is 79.9. The Morgan fingerprint density at radius 3 is 2.39 bits per heavy atom. The fraction of sp³-hybridized carbons (Fsp3) is 0.769. The number of nitrogens with zero attached hydrogens (tertiary/aromatic N) is 3. The highest BCUT2D eigenvalue weighted by Crippen LogP contribution is 2.32. The molecule has 1 aromatic heterocycles. The Balaban J connectivity index is 3.11. The van der Waals surface area contributed by atoms with E-state index in [0.717, 1.165) is 29.8 Å². The summed E-state index contributed by atoms with van der Waals surface area (Å²) in [4.78, 5) is 2.39. The van der Waals surface area contributed by atoms with Gasteiger partial charge in [0.15, 0.2) is 0 Å². The standard InChI is InChI=1S/C13H25BrN4/c1-6-17(7-2)13(4,5)12(15)11-10(14)9-16-18(11)8-3/h9,12H,6-8,15H2,1-5H3. The van der Waals surface area contributed by atoms with Crippen molar-refractivity contribution in [2.75, 3.05) is 13.1 Å². The summed E-state index contributed by atoms with van der Waals surface area (Å²) in [6, 6.07) is -0.0748. The average molecular weight is 317 g/mol. The molecule has 0 aliphatic heterocycles. The first-order chi connectivity index (χ1) is 8.39. The first kappa shape index (κ1) is 15.7. The highest BCUT2D eigenvalue weighted by molar-refractivity contribution is 9.10. The summed E-state index contributed by atoms with van der Waals surface area (Å²) in [6.45, 7) is 13.6. The first-order valence-electron chi connectivity index (χ1n) is 6.61. The molecule has 1 heterocycles. The van der Waals surface area contributed by atoms with E-state index in [2.05, 4.69) is 60.5 Å². The molecule has 0 fully saturated rings. The van der Waals surface area contributed by atoms with Gasteiger partial charge in [0.2, 0.25) is 0 Å². The quantitative estimate of drug-likeness (QED) is 0.877. The van der Waals surface area contributed by atoms with Crippen molar-refractivity contribution in [1.29, 1.82) is 0 Å². The molecule has 0 bridgehead atoms. The van der Waals surface area contributed by atoms with Gasteiger partial charge in [-0.15, -0.1) is 0 Å². The summed E-state index contributed by atoms with van der Waals surface area (Å²) in [6.07, 6.45) is 1.83. The number of aromatic nitrogens is 2. The van der Waals surface area contributed by atoms with Crippen LogP contribution in [0.4, 0.5) is 0 Å². The van der Waals surface area contributed by atoms with Gasteiger partial charge < -0.3 is 5.73 Å². The molecule has 5 heteroatoms. The summed E-state index contributed by atoms with van der Waals surface area (Å²) in [5, 5.41) is 4.35. The molecular formula is C13H25BrN4. The van der Waals surface area contributed by atoms with E-state index in [1.165, 1.54) is 0 Å². The largest absolute Gasteiger partial charge is 0.321 e. The van der Waals surface area contributed by atoms with Crippen LogP contribution in [0.25, 0.3) is 0 Å². The fourth-order valence-electron chi connectivity index (χ4n) is 2.50. The Hall–Kier alpha value is -0.390. The number of hydrogen-bond donors (Lipinski definition) is 1. The summed E-state index contributed by atoms with van der Waals surface area (Å²) < 4.78 is 2.97. The van der Waals surface area contributed by atoms with E-state index in [0.29, 0.717) is 0 Å². The van der Waals surface area contributed by atoms with Crippen molar-refractivity contribution < 1.29 is 0 Å². The molecule has 1 rings (SSSR count). The molecule has 1 aromatic rings. The number of aryl methyl sites for hydroxylation is 1. The molecule has 0 aliphatic carbocycles. The van der Waals surface area contributed by atoms with Gasteiger partial charge in [-0.25, -0.2) is 0 Å². The lowest BCUT2D eigenvalue weighted by Gasteiger charge is -2.42. The normalized spacial score (nSPS) is 14.2. The third-order valence-corrected chi connectivity index (χ3v) is 4.38. The van der Waals surface area contributed by atoms with Gasteiger partial charge in [-0.1, -0.05) is 13.8 Å². The van der Waals surface area contributed by atoms with Crippen LogP contribution >= 0.6 is 15.9 Å². The summed E-state index contributed by atoms with van der Waals surface area (Å²) in [5.74, 6) is 0.